The molecule has 0 radical (unpaired) electrons. The molecule has 1 aromatic heterocycles. The lowest BCUT2D eigenvalue weighted by Gasteiger charge is -2.09. The van der Waals surface area contributed by atoms with E-state index in [9.17, 15) is 8.42 Å². The van der Waals surface area contributed by atoms with Gasteiger partial charge in [-0.3, -0.25) is 4.68 Å². The molecule has 8 heteroatoms. The standard InChI is InChI=1S/C11H23N5O2S/c1-4-16-9-10(11(12)14-16)19(17,18)13-7-5-6-8-15(2)3/h9,13H,4-8H2,1-3H3,(H2,12,14). The number of sulfonamides is 1. The summed E-state index contributed by atoms with van der Waals surface area (Å²) in [4.78, 5) is 2.12. The van der Waals surface area contributed by atoms with Crippen molar-refractivity contribution in [2.45, 2.75) is 31.2 Å². The minimum atomic E-state index is -3.55. The monoisotopic (exact) mass is 289 g/mol. The van der Waals surface area contributed by atoms with Crippen LogP contribution in [0.25, 0.3) is 0 Å². The first kappa shape index (κ1) is 15.9. The van der Waals surface area contributed by atoms with Crippen LogP contribution < -0.4 is 10.5 Å². The summed E-state index contributed by atoms with van der Waals surface area (Å²) in [6.07, 6.45) is 3.19. The van der Waals surface area contributed by atoms with Gasteiger partial charge in [0.05, 0.1) is 0 Å². The molecule has 0 fully saturated rings. The first-order chi connectivity index (χ1) is 8.86. The number of rotatable bonds is 8. The number of hydrogen-bond acceptors (Lipinski definition) is 5. The van der Waals surface area contributed by atoms with Crippen LogP contribution in [0, 0.1) is 0 Å². The van der Waals surface area contributed by atoms with E-state index in [0.29, 0.717) is 13.1 Å². The number of anilines is 1. The lowest BCUT2D eigenvalue weighted by molar-refractivity contribution is 0.394. The molecular weight excluding hydrogens is 266 g/mol. The molecule has 7 nitrogen and oxygen atoms in total. The van der Waals surface area contributed by atoms with Crippen molar-refractivity contribution in [3.63, 3.8) is 0 Å². The number of hydrogen-bond donors (Lipinski definition) is 2. The Morgan fingerprint density at radius 1 is 1.42 bits per heavy atom. The van der Waals surface area contributed by atoms with Crippen LogP contribution in [0.5, 0.6) is 0 Å². The first-order valence-corrected chi connectivity index (χ1v) is 7.82. The van der Waals surface area contributed by atoms with Gasteiger partial charge in [-0.15, -0.1) is 0 Å². The molecule has 0 spiro atoms. The highest BCUT2D eigenvalue weighted by Crippen LogP contribution is 2.15. The smallest absolute Gasteiger partial charge is 0.245 e. The van der Waals surface area contributed by atoms with Gasteiger partial charge >= 0.3 is 0 Å². The predicted octanol–water partition coefficient (Wildman–Crippen LogP) is 0.105. The van der Waals surface area contributed by atoms with Crippen LogP contribution >= 0.6 is 0 Å². The highest BCUT2D eigenvalue weighted by molar-refractivity contribution is 7.89. The third kappa shape index (κ3) is 4.81. The molecule has 0 bridgehead atoms. The topological polar surface area (TPSA) is 93.2 Å². The first-order valence-electron chi connectivity index (χ1n) is 6.34. The number of nitrogens with one attached hydrogen (secondary N) is 1. The molecule has 1 aromatic rings. The van der Waals surface area contributed by atoms with E-state index in [-0.39, 0.29) is 10.7 Å². The second-order valence-electron chi connectivity index (χ2n) is 4.64. The number of unbranched alkanes of at least 4 members (excludes halogenated alkanes) is 1. The maximum Gasteiger partial charge on any atom is 0.245 e. The molecule has 0 aliphatic carbocycles. The molecule has 1 rings (SSSR count). The average Bonchev–Trinajstić information content (AvgIpc) is 2.70. The zero-order valence-corrected chi connectivity index (χ0v) is 12.6. The van der Waals surface area contributed by atoms with E-state index < -0.39 is 10.0 Å². The van der Waals surface area contributed by atoms with E-state index in [1.807, 2.05) is 21.0 Å². The summed E-state index contributed by atoms with van der Waals surface area (Å²) in [5.41, 5.74) is 5.62. The predicted molar refractivity (Wildman–Crippen MR) is 75.3 cm³/mol. The minimum Gasteiger partial charge on any atom is -0.381 e. The van der Waals surface area contributed by atoms with E-state index in [0.717, 1.165) is 19.4 Å². The molecule has 110 valence electrons. The van der Waals surface area contributed by atoms with Crippen molar-refractivity contribution in [2.75, 3.05) is 32.9 Å². The Morgan fingerprint density at radius 3 is 2.63 bits per heavy atom. The summed E-state index contributed by atoms with van der Waals surface area (Å²) in [6.45, 7) is 3.81. The summed E-state index contributed by atoms with van der Waals surface area (Å²) in [7, 11) is 0.427. The van der Waals surface area contributed by atoms with E-state index in [1.165, 1.54) is 10.9 Å². The Hall–Kier alpha value is -1.12. The Morgan fingerprint density at radius 2 is 2.11 bits per heavy atom. The van der Waals surface area contributed by atoms with Gasteiger partial charge < -0.3 is 10.6 Å². The van der Waals surface area contributed by atoms with E-state index >= 15 is 0 Å². The van der Waals surface area contributed by atoms with Crippen LogP contribution in [0.2, 0.25) is 0 Å². The molecule has 0 amide bonds. The zero-order chi connectivity index (χ0) is 14.5. The fourth-order valence-electron chi connectivity index (χ4n) is 1.62. The number of nitrogens with zero attached hydrogens (tertiary/aromatic N) is 3. The SMILES string of the molecule is CCn1cc(S(=O)(=O)NCCCCN(C)C)c(N)n1. The van der Waals surface area contributed by atoms with Gasteiger partial charge in [0, 0.05) is 19.3 Å². The van der Waals surface area contributed by atoms with Crippen molar-refractivity contribution in [1.29, 1.82) is 0 Å². The third-order valence-electron chi connectivity index (χ3n) is 2.69. The maximum absolute atomic E-state index is 12.0. The van der Waals surface area contributed by atoms with Crippen molar-refractivity contribution in [3.05, 3.63) is 6.20 Å². The van der Waals surface area contributed by atoms with Crippen LogP contribution in [0.4, 0.5) is 5.82 Å². The maximum atomic E-state index is 12.0. The molecule has 0 unspecified atom stereocenters. The quantitative estimate of drug-likeness (QED) is 0.662. The Labute approximate surface area is 114 Å². The highest BCUT2D eigenvalue weighted by atomic mass is 32.2. The van der Waals surface area contributed by atoms with Crippen molar-refractivity contribution in [3.8, 4) is 0 Å². The molecule has 0 atom stereocenters. The van der Waals surface area contributed by atoms with Gasteiger partial charge in [0.1, 0.15) is 4.90 Å². The zero-order valence-electron chi connectivity index (χ0n) is 11.8. The summed E-state index contributed by atoms with van der Waals surface area (Å²) >= 11 is 0. The summed E-state index contributed by atoms with van der Waals surface area (Å²) in [6, 6.07) is 0. The van der Waals surface area contributed by atoms with Crippen molar-refractivity contribution < 1.29 is 8.42 Å². The van der Waals surface area contributed by atoms with Crippen LogP contribution in [0.15, 0.2) is 11.1 Å². The van der Waals surface area contributed by atoms with Gasteiger partial charge in [0.25, 0.3) is 0 Å². The molecule has 0 aromatic carbocycles. The Bertz CT molecular complexity index is 495. The number of aromatic nitrogens is 2. The van der Waals surface area contributed by atoms with Crippen LogP contribution in [-0.4, -0.2) is 50.3 Å². The molecule has 3 N–H and O–H groups in total. The van der Waals surface area contributed by atoms with Gasteiger partial charge in [-0.25, -0.2) is 13.1 Å². The van der Waals surface area contributed by atoms with Crippen molar-refractivity contribution in [2.24, 2.45) is 0 Å². The Balaban J connectivity index is 2.53. The van der Waals surface area contributed by atoms with Gasteiger partial charge in [-0.05, 0) is 40.4 Å². The van der Waals surface area contributed by atoms with Crippen molar-refractivity contribution >= 4 is 15.8 Å². The highest BCUT2D eigenvalue weighted by Gasteiger charge is 2.20. The Kier molecular flexibility index (Phi) is 5.77. The second-order valence-corrected chi connectivity index (χ2v) is 6.38. The fraction of sp³-hybridized carbons (Fsp3) is 0.727. The van der Waals surface area contributed by atoms with Crippen molar-refractivity contribution in [1.82, 2.24) is 19.4 Å². The van der Waals surface area contributed by atoms with E-state index in [2.05, 4.69) is 14.7 Å². The second kappa shape index (κ2) is 6.88. The van der Waals surface area contributed by atoms with Crippen LogP contribution in [-0.2, 0) is 16.6 Å². The number of nitrogen functional groups attached to an aromatic ring is 1. The minimum absolute atomic E-state index is 0.0441. The average molecular weight is 289 g/mol. The largest absolute Gasteiger partial charge is 0.381 e. The van der Waals surface area contributed by atoms with E-state index in [1.54, 1.807) is 0 Å². The van der Waals surface area contributed by atoms with Gasteiger partial charge in [-0.2, -0.15) is 5.10 Å². The van der Waals surface area contributed by atoms with Crippen LogP contribution in [0.1, 0.15) is 19.8 Å². The van der Waals surface area contributed by atoms with Gasteiger partial charge in [-0.1, -0.05) is 0 Å². The molecular formula is C11H23N5O2S. The number of aryl methyl sites for hydroxylation is 1. The van der Waals surface area contributed by atoms with Gasteiger partial charge in [0.2, 0.25) is 10.0 Å². The summed E-state index contributed by atoms with van der Waals surface area (Å²) in [5, 5.41) is 3.93. The molecule has 0 saturated heterocycles. The van der Waals surface area contributed by atoms with Gasteiger partial charge in [0.15, 0.2) is 5.82 Å². The molecule has 0 aliphatic heterocycles. The molecule has 19 heavy (non-hydrogen) atoms. The molecule has 0 aliphatic rings. The van der Waals surface area contributed by atoms with E-state index in [4.69, 9.17) is 5.73 Å². The summed E-state index contributed by atoms with van der Waals surface area (Å²) < 4.78 is 28.1. The fourth-order valence-corrected chi connectivity index (χ4v) is 2.77. The summed E-state index contributed by atoms with van der Waals surface area (Å²) in [5.74, 6) is 0.0441. The lowest BCUT2D eigenvalue weighted by Crippen LogP contribution is -2.26. The third-order valence-corrected chi connectivity index (χ3v) is 4.17. The normalized spacial score (nSPS) is 12.2. The molecule has 1 heterocycles. The lowest BCUT2D eigenvalue weighted by atomic mass is 10.3. The van der Waals surface area contributed by atoms with Crippen LogP contribution in [0.3, 0.4) is 0 Å². The number of nitrogens with two attached hydrogens (primary N) is 1. The molecule has 0 saturated carbocycles.